The van der Waals surface area contributed by atoms with Crippen molar-refractivity contribution in [1.29, 1.82) is 0 Å². The number of carbonyl (C=O) groups is 1. The Balaban J connectivity index is 1.02. The van der Waals surface area contributed by atoms with E-state index in [4.69, 9.17) is 4.74 Å². The van der Waals surface area contributed by atoms with E-state index in [0.717, 1.165) is 24.8 Å². The maximum absolute atomic E-state index is 12.7. The monoisotopic (exact) mass is 770 g/mol. The van der Waals surface area contributed by atoms with Gasteiger partial charge in [0.2, 0.25) is 5.88 Å². The normalized spacial score (nSPS) is 42.5. The number of rotatable bonds is 10. The lowest BCUT2D eigenvalue weighted by Gasteiger charge is -2.70. The van der Waals surface area contributed by atoms with E-state index < -0.39 is 11.4 Å². The first kappa shape index (κ1) is 39.7. The van der Waals surface area contributed by atoms with Gasteiger partial charge in [0.15, 0.2) is 0 Å². The number of fused-ring (bicyclic) bond motifs is 7. The van der Waals surface area contributed by atoms with Gasteiger partial charge in [-0.3, -0.25) is 4.79 Å². The molecule has 0 amide bonds. The summed E-state index contributed by atoms with van der Waals surface area (Å²) in [5, 5.41) is 14.8. The molecule has 4 saturated carbocycles. The molecule has 0 bridgehead atoms. The lowest BCUT2D eigenvalue weighted by Crippen LogP contribution is -2.67. The minimum Gasteiger partial charge on any atom is -0.481 e. The van der Waals surface area contributed by atoms with Gasteiger partial charge in [-0.1, -0.05) is 65.0 Å². The summed E-state index contributed by atoms with van der Waals surface area (Å²) in [6.45, 7) is 25.1. The zero-order valence-corrected chi connectivity index (χ0v) is 35.8. The lowest BCUT2D eigenvalue weighted by atomic mass is 9.35. The summed E-state index contributed by atoms with van der Waals surface area (Å²) in [7, 11) is 0. The molecule has 55 heavy (non-hydrogen) atoms. The summed E-state index contributed by atoms with van der Waals surface area (Å²) < 4.78 is 5.97. The van der Waals surface area contributed by atoms with E-state index in [1.807, 2.05) is 12.1 Å². The van der Waals surface area contributed by atoms with Crippen molar-refractivity contribution >= 4 is 17.7 Å². The van der Waals surface area contributed by atoms with Gasteiger partial charge in [-0.15, -0.1) is 0 Å². The standard InChI is InChI=1S/C48H71N3O3S/c1-32(2)35-15-20-48(50-24-25-51-26-28-55-29-27-51)22-21-46(7)38(42(35)48)12-11-37-41-33(3)30-39(44(4,5)36(41)16-17-45(37,46)6)34-13-18-47(19-14-34,43(52)53)31-54-40-10-8-9-23-49-40/h8-10,13,23,30,33,35-38,41-42,50H,1,11-12,14-22,24-29,31H2,2-7H3,(H,52,53)/t33-,35-,36+,37+,38+,41-,42+,45+,46+,47?,48-/m0/s1. The van der Waals surface area contributed by atoms with Crippen molar-refractivity contribution in [3.05, 3.63) is 59.8 Å². The Morgan fingerprint density at radius 2 is 1.76 bits per heavy atom. The number of carboxylic acid groups (broad SMARTS) is 1. The van der Waals surface area contributed by atoms with Crippen LogP contribution in [0.5, 0.6) is 5.88 Å². The number of aliphatic carboxylic acids is 1. The largest absolute Gasteiger partial charge is 0.481 e. The van der Waals surface area contributed by atoms with E-state index >= 15 is 0 Å². The number of ether oxygens (including phenoxy) is 1. The van der Waals surface area contributed by atoms with Crippen LogP contribution in [0.25, 0.3) is 0 Å². The van der Waals surface area contributed by atoms with Crippen molar-refractivity contribution in [2.75, 3.05) is 44.3 Å². The van der Waals surface area contributed by atoms with E-state index in [-0.39, 0.29) is 17.6 Å². The molecule has 1 aliphatic heterocycles. The maximum Gasteiger partial charge on any atom is 0.313 e. The minimum absolute atomic E-state index is 0.0605. The Labute approximate surface area is 337 Å². The number of hydrogen-bond acceptors (Lipinski definition) is 6. The molecule has 6 aliphatic carbocycles. The van der Waals surface area contributed by atoms with Crippen molar-refractivity contribution in [2.24, 2.45) is 63.1 Å². The number of thioether (sulfide) groups is 1. The van der Waals surface area contributed by atoms with Crippen LogP contribution in [0.2, 0.25) is 0 Å². The third-order valence-corrected chi connectivity index (χ3v) is 18.9. The van der Waals surface area contributed by atoms with Crippen molar-refractivity contribution in [1.82, 2.24) is 15.2 Å². The van der Waals surface area contributed by atoms with Crippen LogP contribution >= 0.6 is 11.8 Å². The third-order valence-electron chi connectivity index (χ3n) is 18.0. The van der Waals surface area contributed by atoms with Gasteiger partial charge in [-0.2, -0.15) is 11.8 Å². The van der Waals surface area contributed by atoms with Gasteiger partial charge >= 0.3 is 5.97 Å². The molecule has 1 aromatic rings. The van der Waals surface area contributed by atoms with Crippen LogP contribution in [0, 0.1) is 63.1 Å². The van der Waals surface area contributed by atoms with Crippen molar-refractivity contribution in [3.63, 3.8) is 0 Å². The number of carboxylic acids is 1. The molecule has 7 aliphatic rings. The van der Waals surface area contributed by atoms with Crippen LogP contribution in [0.1, 0.15) is 112 Å². The zero-order chi connectivity index (χ0) is 38.8. The Bertz CT molecular complexity index is 1670. The molecule has 0 radical (unpaired) electrons. The van der Waals surface area contributed by atoms with E-state index in [1.54, 1.807) is 12.3 Å². The molecule has 5 fully saturated rings. The summed E-state index contributed by atoms with van der Waals surface area (Å²) in [5.74, 6) is 7.00. The highest BCUT2D eigenvalue weighted by Gasteiger charge is 2.69. The van der Waals surface area contributed by atoms with E-state index in [0.29, 0.717) is 59.1 Å². The highest BCUT2D eigenvalue weighted by Crippen LogP contribution is 2.74. The summed E-state index contributed by atoms with van der Waals surface area (Å²) in [6.07, 6.45) is 19.2. The number of aromatic nitrogens is 1. The molecule has 1 unspecified atom stereocenters. The van der Waals surface area contributed by atoms with Gasteiger partial charge in [-0.05, 0) is 152 Å². The molecule has 7 heteroatoms. The molecule has 302 valence electrons. The molecule has 11 atom stereocenters. The Kier molecular flexibility index (Phi) is 10.8. The second-order valence-electron chi connectivity index (χ2n) is 20.5. The first-order valence-corrected chi connectivity index (χ1v) is 23.3. The topological polar surface area (TPSA) is 74.7 Å². The zero-order valence-electron chi connectivity index (χ0n) is 35.0. The van der Waals surface area contributed by atoms with Gasteiger partial charge in [0.05, 0.1) is 0 Å². The van der Waals surface area contributed by atoms with Crippen LogP contribution in [0.15, 0.2) is 59.8 Å². The number of nitrogens with one attached hydrogen (secondary N) is 1. The molecule has 2 N–H and O–H groups in total. The van der Waals surface area contributed by atoms with Gasteiger partial charge in [-0.25, -0.2) is 4.98 Å². The van der Waals surface area contributed by atoms with Crippen LogP contribution in [-0.4, -0.2) is 70.8 Å². The summed E-state index contributed by atoms with van der Waals surface area (Å²) in [5.41, 5.74) is 4.41. The molecule has 0 aromatic carbocycles. The average Bonchev–Trinajstić information content (AvgIpc) is 3.56. The predicted molar refractivity (Wildman–Crippen MR) is 226 cm³/mol. The SMILES string of the molecule is C=C(C)[C@@H]1CC[C@]2(NCCN3CCSCC3)CC[C@]3(C)[C@H](CC[C@@H]4[C@@H]5[C@@H](CC[C@]43C)C(C)(C)C(C3=CCC(COc4ccccn4)(C(=O)O)CC3)=C[C@@H]5C)[C@@H]12. The molecule has 8 rings (SSSR count). The highest BCUT2D eigenvalue weighted by atomic mass is 32.2. The maximum atomic E-state index is 12.7. The van der Waals surface area contributed by atoms with Gasteiger partial charge in [0.1, 0.15) is 12.0 Å². The van der Waals surface area contributed by atoms with Crippen molar-refractivity contribution in [2.45, 2.75) is 118 Å². The summed E-state index contributed by atoms with van der Waals surface area (Å²) >= 11 is 2.11. The second-order valence-corrected chi connectivity index (χ2v) is 21.8. The van der Waals surface area contributed by atoms with Crippen LogP contribution in [-0.2, 0) is 4.79 Å². The Morgan fingerprint density at radius 1 is 1.00 bits per heavy atom. The molecule has 0 spiro atoms. The summed E-state index contributed by atoms with van der Waals surface area (Å²) in [4.78, 5) is 19.7. The molecular formula is C48H71N3O3S. The highest BCUT2D eigenvalue weighted by molar-refractivity contribution is 7.99. The first-order chi connectivity index (χ1) is 26.2. The Hall–Kier alpha value is -2.09. The quantitative estimate of drug-likeness (QED) is 0.230. The van der Waals surface area contributed by atoms with Gasteiger partial charge in [0.25, 0.3) is 0 Å². The van der Waals surface area contributed by atoms with E-state index in [1.165, 1.54) is 99.2 Å². The van der Waals surface area contributed by atoms with Gasteiger partial charge in [0, 0.05) is 55.5 Å². The average molecular weight is 770 g/mol. The number of allylic oxidation sites excluding steroid dienone is 5. The fraction of sp³-hybridized carbons (Fsp3) is 0.750. The molecule has 1 aromatic heterocycles. The van der Waals surface area contributed by atoms with Crippen molar-refractivity contribution in [3.8, 4) is 5.88 Å². The van der Waals surface area contributed by atoms with Crippen LogP contribution < -0.4 is 10.1 Å². The minimum atomic E-state index is -0.919. The van der Waals surface area contributed by atoms with Gasteiger partial charge < -0.3 is 20.1 Å². The third kappa shape index (κ3) is 6.61. The smallest absolute Gasteiger partial charge is 0.313 e. The number of nitrogens with zero attached hydrogens (tertiary/aromatic N) is 2. The first-order valence-electron chi connectivity index (χ1n) is 22.1. The predicted octanol–water partition coefficient (Wildman–Crippen LogP) is 10.1. The fourth-order valence-corrected chi connectivity index (χ4v) is 15.7. The van der Waals surface area contributed by atoms with E-state index in [9.17, 15) is 9.90 Å². The molecule has 6 nitrogen and oxygen atoms in total. The second kappa shape index (κ2) is 14.9. The molecule has 2 heterocycles. The molecular weight excluding hydrogens is 699 g/mol. The van der Waals surface area contributed by atoms with E-state index in [2.05, 4.69) is 87.2 Å². The van der Waals surface area contributed by atoms with Crippen molar-refractivity contribution < 1.29 is 14.6 Å². The van der Waals surface area contributed by atoms with Crippen LogP contribution in [0.3, 0.4) is 0 Å². The molecule has 1 saturated heterocycles. The fourth-order valence-electron chi connectivity index (χ4n) is 14.7. The lowest BCUT2D eigenvalue weighted by molar-refractivity contribution is -0.201. The number of hydrogen-bond donors (Lipinski definition) is 2. The van der Waals surface area contributed by atoms with Crippen LogP contribution in [0.4, 0.5) is 0 Å². The Morgan fingerprint density at radius 3 is 2.45 bits per heavy atom. The number of pyridine rings is 1. The summed E-state index contributed by atoms with van der Waals surface area (Å²) in [6, 6.07) is 5.53.